The highest BCUT2D eigenvalue weighted by Gasteiger charge is 2.27. The van der Waals surface area contributed by atoms with Crippen LogP contribution in [0.15, 0.2) is 73.2 Å². The average molecular weight is 484 g/mol. The number of amides is 1. The van der Waals surface area contributed by atoms with E-state index in [1.165, 1.54) is 11.1 Å². The summed E-state index contributed by atoms with van der Waals surface area (Å²) in [6.45, 7) is 6.21. The number of hydrogen-bond acceptors (Lipinski definition) is 5. The molecule has 6 rings (SSSR count). The van der Waals surface area contributed by atoms with Crippen molar-refractivity contribution in [2.45, 2.75) is 19.9 Å². The summed E-state index contributed by atoms with van der Waals surface area (Å²) in [5, 5.41) is 4.63. The fraction of sp³-hybridized carbons (Fsp3) is 0.286. The van der Waals surface area contributed by atoms with Crippen molar-refractivity contribution in [3.63, 3.8) is 0 Å². The van der Waals surface area contributed by atoms with Crippen LogP contribution < -0.4 is 9.47 Å². The number of hydrogen-bond donors (Lipinski definition) is 0. The number of aromatic nitrogens is 3. The van der Waals surface area contributed by atoms with Gasteiger partial charge in [-0.1, -0.05) is 25.1 Å². The summed E-state index contributed by atoms with van der Waals surface area (Å²) in [5.41, 5.74) is 3.99. The van der Waals surface area contributed by atoms with Crippen LogP contribution in [0, 0.1) is 0 Å². The first-order valence-corrected chi connectivity index (χ1v) is 12.4. The normalized spacial score (nSPS) is 15.4. The van der Waals surface area contributed by atoms with E-state index in [1.54, 1.807) is 6.20 Å². The van der Waals surface area contributed by atoms with E-state index in [9.17, 15) is 4.79 Å². The number of fused-ring (bicyclic) bond motifs is 1. The molecule has 0 saturated carbocycles. The van der Waals surface area contributed by atoms with Gasteiger partial charge in [0.15, 0.2) is 17.3 Å². The molecule has 2 aromatic heterocycles. The first kappa shape index (κ1) is 22.4. The first-order chi connectivity index (χ1) is 17.7. The van der Waals surface area contributed by atoms with E-state index < -0.39 is 0 Å². The van der Waals surface area contributed by atoms with Gasteiger partial charge in [-0.3, -0.25) is 9.69 Å². The zero-order chi connectivity index (χ0) is 24.5. The fourth-order valence-corrected chi connectivity index (χ4v) is 4.86. The third kappa shape index (κ3) is 4.24. The molecule has 2 aliphatic rings. The molecule has 0 N–H and O–H groups in total. The monoisotopic (exact) mass is 483 g/mol. The number of piperazine rings is 1. The zero-order valence-corrected chi connectivity index (χ0v) is 20.3. The van der Waals surface area contributed by atoms with Gasteiger partial charge >= 0.3 is 0 Å². The molecule has 4 heterocycles. The molecule has 8 nitrogen and oxygen atoms in total. The second-order valence-electron chi connectivity index (χ2n) is 9.16. The minimum Gasteiger partial charge on any atom is -0.454 e. The van der Waals surface area contributed by atoms with E-state index in [0.717, 1.165) is 49.1 Å². The molecule has 0 unspecified atom stereocenters. The van der Waals surface area contributed by atoms with Crippen molar-refractivity contribution in [3.05, 3.63) is 89.9 Å². The van der Waals surface area contributed by atoms with E-state index in [-0.39, 0.29) is 12.7 Å². The molecule has 0 radical (unpaired) electrons. The van der Waals surface area contributed by atoms with Crippen LogP contribution in [-0.2, 0) is 13.0 Å². The summed E-state index contributed by atoms with van der Waals surface area (Å²) in [5.74, 6) is 2.38. The highest BCUT2D eigenvalue weighted by molar-refractivity contribution is 5.97. The Balaban J connectivity index is 1.18. The van der Waals surface area contributed by atoms with E-state index in [1.807, 2.05) is 50.8 Å². The van der Waals surface area contributed by atoms with Crippen LogP contribution in [0.4, 0.5) is 0 Å². The maximum absolute atomic E-state index is 13.7. The number of rotatable bonds is 6. The van der Waals surface area contributed by atoms with Crippen LogP contribution in [0.1, 0.15) is 28.4 Å². The van der Waals surface area contributed by atoms with E-state index >= 15 is 0 Å². The van der Waals surface area contributed by atoms with Gasteiger partial charge in [0.25, 0.3) is 5.91 Å². The molecule has 1 fully saturated rings. The maximum atomic E-state index is 13.7. The predicted molar refractivity (Wildman–Crippen MR) is 136 cm³/mol. The van der Waals surface area contributed by atoms with Crippen molar-refractivity contribution < 1.29 is 14.3 Å². The van der Waals surface area contributed by atoms with Gasteiger partial charge in [-0.15, -0.1) is 0 Å². The van der Waals surface area contributed by atoms with E-state index in [0.29, 0.717) is 18.7 Å². The molecule has 1 amide bonds. The standard InChI is InChI=1S/C28H29N5O3/c1-2-21-5-8-23(9-6-21)33-27(31-11-3-4-12-31)24(18-29-33)28(34)32-15-13-30(14-16-32)19-22-7-10-25-26(17-22)36-20-35-25/h3-12,17-18H,2,13-16,19-20H2,1H3. The maximum Gasteiger partial charge on any atom is 0.259 e. The summed E-state index contributed by atoms with van der Waals surface area (Å²) < 4.78 is 14.7. The number of carbonyl (C=O) groups excluding carboxylic acids is 1. The molecule has 1 saturated heterocycles. The molecule has 184 valence electrons. The zero-order valence-electron chi connectivity index (χ0n) is 20.3. The Bertz CT molecular complexity index is 1350. The lowest BCUT2D eigenvalue weighted by Crippen LogP contribution is -2.48. The summed E-state index contributed by atoms with van der Waals surface area (Å²) >= 11 is 0. The molecule has 4 aromatic rings. The van der Waals surface area contributed by atoms with Gasteiger partial charge in [0.05, 0.1) is 11.9 Å². The lowest BCUT2D eigenvalue weighted by atomic mass is 10.1. The lowest BCUT2D eigenvalue weighted by Gasteiger charge is -2.34. The van der Waals surface area contributed by atoms with Crippen LogP contribution >= 0.6 is 0 Å². The van der Waals surface area contributed by atoms with Crippen LogP contribution in [-0.4, -0.2) is 63.0 Å². The van der Waals surface area contributed by atoms with Gasteiger partial charge in [-0.25, -0.2) is 4.68 Å². The largest absolute Gasteiger partial charge is 0.454 e. The van der Waals surface area contributed by atoms with Gasteiger partial charge in [0, 0.05) is 45.1 Å². The Kier molecular flexibility index (Phi) is 5.95. The third-order valence-corrected chi connectivity index (χ3v) is 6.92. The Hall–Kier alpha value is -4.04. The number of nitrogens with zero attached hydrogens (tertiary/aromatic N) is 5. The van der Waals surface area contributed by atoms with Crippen molar-refractivity contribution in [1.29, 1.82) is 0 Å². The van der Waals surface area contributed by atoms with Crippen molar-refractivity contribution in [2.75, 3.05) is 33.0 Å². The van der Waals surface area contributed by atoms with Gasteiger partial charge in [0.1, 0.15) is 5.56 Å². The Morgan fingerprint density at radius 2 is 1.64 bits per heavy atom. The molecule has 8 heteroatoms. The molecule has 36 heavy (non-hydrogen) atoms. The Labute approximate surface area is 210 Å². The molecule has 0 atom stereocenters. The summed E-state index contributed by atoms with van der Waals surface area (Å²) in [4.78, 5) is 18.0. The van der Waals surface area contributed by atoms with E-state index in [4.69, 9.17) is 9.47 Å². The number of benzene rings is 2. The Morgan fingerprint density at radius 1 is 0.917 bits per heavy atom. The van der Waals surface area contributed by atoms with Gasteiger partial charge in [-0.2, -0.15) is 5.10 Å². The molecular weight excluding hydrogens is 454 g/mol. The Morgan fingerprint density at radius 3 is 2.39 bits per heavy atom. The minimum atomic E-state index is 0.0119. The highest BCUT2D eigenvalue weighted by atomic mass is 16.7. The summed E-state index contributed by atoms with van der Waals surface area (Å²) in [6.07, 6.45) is 6.58. The topological polar surface area (TPSA) is 64.8 Å². The SMILES string of the molecule is CCc1ccc(-n2ncc(C(=O)N3CCN(Cc4ccc5c(c4)OCO5)CC3)c2-n2cccc2)cc1. The molecule has 2 aromatic carbocycles. The van der Waals surface area contributed by atoms with Gasteiger partial charge in [0.2, 0.25) is 6.79 Å². The van der Waals surface area contributed by atoms with Crippen molar-refractivity contribution in [1.82, 2.24) is 24.1 Å². The van der Waals surface area contributed by atoms with Crippen molar-refractivity contribution >= 4 is 5.91 Å². The number of carbonyl (C=O) groups is 1. The van der Waals surface area contributed by atoms with Crippen molar-refractivity contribution in [3.8, 4) is 23.0 Å². The number of ether oxygens (including phenoxy) is 2. The molecule has 2 aliphatic heterocycles. The third-order valence-electron chi connectivity index (χ3n) is 6.92. The highest BCUT2D eigenvalue weighted by Crippen LogP contribution is 2.33. The average Bonchev–Trinajstić information content (AvgIpc) is 3.69. The fourth-order valence-electron chi connectivity index (χ4n) is 4.86. The second-order valence-corrected chi connectivity index (χ2v) is 9.16. The lowest BCUT2D eigenvalue weighted by molar-refractivity contribution is 0.0628. The number of aryl methyl sites for hydroxylation is 1. The van der Waals surface area contributed by atoms with Crippen LogP contribution in [0.2, 0.25) is 0 Å². The molecule has 0 spiro atoms. The van der Waals surface area contributed by atoms with Crippen molar-refractivity contribution in [2.24, 2.45) is 0 Å². The molecule has 0 aliphatic carbocycles. The molecular formula is C28H29N5O3. The quantitative estimate of drug-likeness (QED) is 0.416. The smallest absolute Gasteiger partial charge is 0.259 e. The van der Waals surface area contributed by atoms with E-state index in [2.05, 4.69) is 47.3 Å². The summed E-state index contributed by atoms with van der Waals surface area (Å²) in [7, 11) is 0. The minimum absolute atomic E-state index is 0.0119. The first-order valence-electron chi connectivity index (χ1n) is 12.4. The van der Waals surface area contributed by atoms with Crippen LogP contribution in [0.5, 0.6) is 11.5 Å². The second kappa shape index (κ2) is 9.54. The van der Waals surface area contributed by atoms with Crippen LogP contribution in [0.3, 0.4) is 0 Å². The summed E-state index contributed by atoms with van der Waals surface area (Å²) in [6, 6.07) is 18.3. The van der Waals surface area contributed by atoms with Crippen LogP contribution in [0.25, 0.3) is 11.5 Å². The predicted octanol–water partition coefficient (Wildman–Crippen LogP) is 3.91. The van der Waals surface area contributed by atoms with Gasteiger partial charge < -0.3 is 18.9 Å². The van der Waals surface area contributed by atoms with Gasteiger partial charge in [-0.05, 0) is 53.9 Å². The molecule has 0 bridgehead atoms.